The Morgan fingerprint density at radius 2 is 1.29 bits per heavy atom. The average molecular weight is 291 g/mol. The fourth-order valence-corrected chi connectivity index (χ4v) is 5.48. The molecule has 2 unspecified atom stereocenters. The summed E-state index contributed by atoms with van der Waals surface area (Å²) in [6, 6.07) is 2.42. The molecule has 1 aliphatic carbocycles. The molecule has 0 radical (unpaired) electrons. The van der Waals surface area contributed by atoms with E-state index in [4.69, 9.17) is 0 Å². The van der Waals surface area contributed by atoms with Crippen LogP contribution in [0.25, 0.3) is 0 Å². The Bertz CT molecular complexity index is 377. The third-order valence-electron chi connectivity index (χ3n) is 6.89. The van der Waals surface area contributed by atoms with Crippen molar-refractivity contribution in [1.29, 1.82) is 0 Å². The summed E-state index contributed by atoms with van der Waals surface area (Å²) in [7, 11) is 0. The van der Waals surface area contributed by atoms with Crippen LogP contribution in [0.15, 0.2) is 0 Å². The summed E-state index contributed by atoms with van der Waals surface area (Å²) in [6.45, 7) is 17.7. The van der Waals surface area contributed by atoms with Crippen LogP contribution in [0, 0.1) is 17.3 Å². The summed E-state index contributed by atoms with van der Waals surface area (Å²) < 4.78 is 0. The van der Waals surface area contributed by atoms with Crippen molar-refractivity contribution in [1.82, 2.24) is 14.7 Å². The number of rotatable bonds is 3. The first-order valence-electron chi connectivity index (χ1n) is 9.18. The Kier molecular flexibility index (Phi) is 3.40. The van der Waals surface area contributed by atoms with E-state index in [1.807, 2.05) is 0 Å². The lowest BCUT2D eigenvalue weighted by Crippen LogP contribution is -2.74. The molecular weight excluding hydrogens is 258 g/mol. The molecule has 120 valence electrons. The Hall–Kier alpha value is -0.120. The fraction of sp³-hybridized carbons (Fsp3) is 1.00. The van der Waals surface area contributed by atoms with Crippen LogP contribution in [0.4, 0.5) is 0 Å². The van der Waals surface area contributed by atoms with Crippen LogP contribution in [-0.4, -0.2) is 72.1 Å². The molecule has 0 bridgehead atoms. The first-order valence-corrected chi connectivity index (χ1v) is 9.18. The molecule has 0 aromatic heterocycles. The summed E-state index contributed by atoms with van der Waals surface area (Å²) in [5.74, 6) is 2.00. The molecule has 4 fully saturated rings. The molecule has 21 heavy (non-hydrogen) atoms. The Balaban J connectivity index is 1.25. The van der Waals surface area contributed by atoms with E-state index in [1.165, 1.54) is 52.1 Å². The van der Waals surface area contributed by atoms with Gasteiger partial charge in [0, 0.05) is 62.8 Å². The second-order valence-electron chi connectivity index (χ2n) is 9.10. The van der Waals surface area contributed by atoms with E-state index in [0.29, 0.717) is 5.41 Å². The third kappa shape index (κ3) is 2.36. The summed E-state index contributed by atoms with van der Waals surface area (Å²) in [6.07, 6.45) is 2.97. The molecule has 1 saturated carbocycles. The molecule has 0 amide bonds. The monoisotopic (exact) mass is 291 g/mol. The van der Waals surface area contributed by atoms with Crippen molar-refractivity contribution in [2.75, 3.05) is 39.3 Å². The van der Waals surface area contributed by atoms with Gasteiger partial charge in [-0.2, -0.15) is 0 Å². The second kappa shape index (κ2) is 4.94. The molecule has 3 aliphatic heterocycles. The Morgan fingerprint density at radius 3 is 1.76 bits per heavy atom. The summed E-state index contributed by atoms with van der Waals surface area (Å²) in [5, 5.41) is 0. The SMILES string of the molecule is CC(C)N1CC2CC(N3CC4(CN(C(C)C)C4)C3)CC2C1. The van der Waals surface area contributed by atoms with E-state index < -0.39 is 0 Å². The van der Waals surface area contributed by atoms with Gasteiger partial charge < -0.3 is 4.90 Å². The number of likely N-dealkylation sites (tertiary alicyclic amines) is 3. The molecule has 3 heteroatoms. The predicted molar refractivity (Wildman–Crippen MR) is 87.4 cm³/mol. The van der Waals surface area contributed by atoms with E-state index in [9.17, 15) is 0 Å². The normalized spacial score (nSPS) is 40.0. The minimum Gasteiger partial charge on any atom is -0.300 e. The summed E-state index contributed by atoms with van der Waals surface area (Å²) >= 11 is 0. The van der Waals surface area contributed by atoms with Crippen LogP contribution < -0.4 is 0 Å². The molecule has 3 saturated heterocycles. The lowest BCUT2D eigenvalue weighted by molar-refractivity contribution is -0.139. The van der Waals surface area contributed by atoms with Gasteiger partial charge in [0.25, 0.3) is 0 Å². The molecule has 3 nitrogen and oxygen atoms in total. The van der Waals surface area contributed by atoms with Crippen LogP contribution in [0.5, 0.6) is 0 Å². The van der Waals surface area contributed by atoms with Crippen molar-refractivity contribution in [3.63, 3.8) is 0 Å². The number of hydrogen-bond donors (Lipinski definition) is 0. The zero-order valence-electron chi connectivity index (χ0n) is 14.4. The zero-order valence-corrected chi connectivity index (χ0v) is 14.4. The molecule has 4 rings (SSSR count). The molecule has 2 atom stereocenters. The van der Waals surface area contributed by atoms with Crippen LogP contribution in [0.2, 0.25) is 0 Å². The van der Waals surface area contributed by atoms with Crippen molar-refractivity contribution >= 4 is 0 Å². The predicted octanol–water partition coefficient (Wildman–Crippen LogP) is 2.13. The van der Waals surface area contributed by atoms with E-state index in [1.54, 1.807) is 0 Å². The van der Waals surface area contributed by atoms with Crippen molar-refractivity contribution in [3.8, 4) is 0 Å². The van der Waals surface area contributed by atoms with Gasteiger partial charge in [0.1, 0.15) is 0 Å². The van der Waals surface area contributed by atoms with Gasteiger partial charge >= 0.3 is 0 Å². The summed E-state index contributed by atoms with van der Waals surface area (Å²) in [4.78, 5) is 8.17. The number of nitrogens with zero attached hydrogens (tertiary/aromatic N) is 3. The second-order valence-corrected chi connectivity index (χ2v) is 9.10. The zero-order chi connectivity index (χ0) is 14.8. The van der Waals surface area contributed by atoms with Crippen LogP contribution in [-0.2, 0) is 0 Å². The molecule has 0 aromatic carbocycles. The van der Waals surface area contributed by atoms with Crippen molar-refractivity contribution in [2.24, 2.45) is 17.3 Å². The van der Waals surface area contributed by atoms with Crippen LogP contribution in [0.3, 0.4) is 0 Å². The van der Waals surface area contributed by atoms with Gasteiger partial charge in [0.2, 0.25) is 0 Å². The highest BCUT2D eigenvalue weighted by Crippen LogP contribution is 2.47. The maximum atomic E-state index is 2.83. The molecule has 0 aromatic rings. The van der Waals surface area contributed by atoms with Crippen molar-refractivity contribution < 1.29 is 0 Å². The van der Waals surface area contributed by atoms with Crippen LogP contribution in [0.1, 0.15) is 40.5 Å². The highest BCUT2D eigenvalue weighted by Gasteiger charge is 2.55. The van der Waals surface area contributed by atoms with Crippen molar-refractivity contribution in [3.05, 3.63) is 0 Å². The fourth-order valence-electron chi connectivity index (χ4n) is 5.48. The van der Waals surface area contributed by atoms with E-state index >= 15 is 0 Å². The van der Waals surface area contributed by atoms with Crippen LogP contribution >= 0.6 is 0 Å². The van der Waals surface area contributed by atoms with E-state index in [2.05, 4.69) is 42.4 Å². The molecular formula is C18H33N3. The first kappa shape index (κ1) is 14.5. The molecule has 3 heterocycles. The van der Waals surface area contributed by atoms with E-state index in [0.717, 1.165) is 30.0 Å². The molecule has 1 spiro atoms. The smallest absolute Gasteiger partial charge is 0.0212 e. The van der Waals surface area contributed by atoms with Gasteiger partial charge in [-0.3, -0.25) is 9.80 Å². The number of hydrogen-bond acceptors (Lipinski definition) is 3. The molecule has 0 N–H and O–H groups in total. The highest BCUT2D eigenvalue weighted by atomic mass is 15.3. The van der Waals surface area contributed by atoms with Gasteiger partial charge in [-0.05, 0) is 52.4 Å². The summed E-state index contributed by atoms with van der Waals surface area (Å²) in [5.41, 5.74) is 0.700. The van der Waals surface area contributed by atoms with Gasteiger partial charge in [-0.25, -0.2) is 0 Å². The van der Waals surface area contributed by atoms with Gasteiger partial charge in [-0.1, -0.05) is 0 Å². The minimum atomic E-state index is 0.700. The topological polar surface area (TPSA) is 9.72 Å². The Labute approximate surface area is 130 Å². The highest BCUT2D eigenvalue weighted by molar-refractivity contribution is 5.09. The average Bonchev–Trinajstić information content (AvgIpc) is 2.81. The largest absolute Gasteiger partial charge is 0.300 e. The van der Waals surface area contributed by atoms with Gasteiger partial charge in [0.15, 0.2) is 0 Å². The number of fused-ring (bicyclic) bond motifs is 1. The standard InChI is InChI=1S/C18H33N3/c1-13(2)19-7-15-5-17(6-16(15)8-19)21-11-18(12-21)9-20(10-18)14(3)4/h13-17H,5-12H2,1-4H3. The van der Waals surface area contributed by atoms with Gasteiger partial charge in [0.05, 0.1) is 0 Å². The van der Waals surface area contributed by atoms with E-state index in [-0.39, 0.29) is 0 Å². The van der Waals surface area contributed by atoms with Crippen molar-refractivity contribution in [2.45, 2.75) is 58.7 Å². The molecule has 4 aliphatic rings. The lowest BCUT2D eigenvalue weighted by Gasteiger charge is -2.63. The maximum absolute atomic E-state index is 2.83. The quantitative estimate of drug-likeness (QED) is 0.789. The Morgan fingerprint density at radius 1 is 0.762 bits per heavy atom. The lowest BCUT2D eigenvalue weighted by atomic mass is 9.71. The minimum absolute atomic E-state index is 0.700. The van der Waals surface area contributed by atoms with Gasteiger partial charge in [-0.15, -0.1) is 0 Å². The maximum Gasteiger partial charge on any atom is 0.0212 e. The third-order valence-corrected chi connectivity index (χ3v) is 6.89. The first-order chi connectivity index (χ1) is 9.96.